The van der Waals surface area contributed by atoms with Gasteiger partial charge in [-0.1, -0.05) is 22.0 Å². The van der Waals surface area contributed by atoms with Crippen LogP contribution in [0.5, 0.6) is 0 Å². The van der Waals surface area contributed by atoms with E-state index in [4.69, 9.17) is 0 Å². The third kappa shape index (κ3) is 3.17. The quantitative estimate of drug-likeness (QED) is 0.911. The molecule has 6 heteroatoms. The van der Waals surface area contributed by atoms with Crippen LogP contribution in [0.2, 0.25) is 0 Å². The SMILES string of the molecule is Cc1c(Br)cccc1C(=O)NCC1CCCS1(=O)=O. The van der Waals surface area contributed by atoms with E-state index in [1.165, 1.54) is 0 Å². The maximum absolute atomic E-state index is 12.1. The van der Waals surface area contributed by atoms with Crippen LogP contribution in [0, 0.1) is 6.92 Å². The number of carbonyl (C=O) groups is 1. The number of amides is 1. The Labute approximate surface area is 121 Å². The van der Waals surface area contributed by atoms with Crippen molar-refractivity contribution in [3.8, 4) is 0 Å². The second-order valence-corrected chi connectivity index (χ2v) is 8.01. The summed E-state index contributed by atoms with van der Waals surface area (Å²) in [7, 11) is -3.01. The Kier molecular flexibility index (Phi) is 4.30. The predicted octanol–water partition coefficient (Wildman–Crippen LogP) is 2.06. The van der Waals surface area contributed by atoms with E-state index >= 15 is 0 Å². The first-order valence-corrected chi connectivity index (χ1v) is 8.67. The van der Waals surface area contributed by atoms with Crippen molar-refractivity contribution >= 4 is 31.7 Å². The highest BCUT2D eigenvalue weighted by molar-refractivity contribution is 9.10. The number of halogens is 1. The van der Waals surface area contributed by atoms with Crippen LogP contribution in [0.25, 0.3) is 0 Å². The highest BCUT2D eigenvalue weighted by Gasteiger charge is 2.31. The molecule has 1 aliphatic rings. The highest BCUT2D eigenvalue weighted by atomic mass is 79.9. The fraction of sp³-hybridized carbons (Fsp3) is 0.462. The summed E-state index contributed by atoms with van der Waals surface area (Å²) in [6.45, 7) is 2.05. The molecule has 1 amide bonds. The van der Waals surface area contributed by atoms with Crippen molar-refractivity contribution in [3.63, 3.8) is 0 Å². The van der Waals surface area contributed by atoms with Crippen molar-refractivity contribution < 1.29 is 13.2 Å². The molecule has 0 aromatic heterocycles. The third-order valence-corrected chi connectivity index (χ3v) is 6.60. The number of carbonyl (C=O) groups excluding carboxylic acids is 1. The molecule has 1 saturated heterocycles. The minimum Gasteiger partial charge on any atom is -0.351 e. The molecule has 1 heterocycles. The molecule has 1 atom stereocenters. The Bertz CT molecular complexity index is 598. The van der Waals surface area contributed by atoms with Crippen LogP contribution in [-0.2, 0) is 9.84 Å². The van der Waals surface area contributed by atoms with Crippen LogP contribution >= 0.6 is 15.9 Å². The summed E-state index contributed by atoms with van der Waals surface area (Å²) in [6.07, 6.45) is 1.33. The zero-order chi connectivity index (χ0) is 14.0. The Hall–Kier alpha value is -0.880. The van der Waals surface area contributed by atoms with Gasteiger partial charge in [0.15, 0.2) is 9.84 Å². The molecule has 0 bridgehead atoms. The molecule has 4 nitrogen and oxygen atoms in total. The summed E-state index contributed by atoms with van der Waals surface area (Å²) < 4.78 is 24.2. The van der Waals surface area contributed by atoms with Gasteiger partial charge in [0.25, 0.3) is 5.91 Å². The average molecular weight is 346 g/mol. The molecule has 1 aromatic rings. The fourth-order valence-corrected chi connectivity index (χ4v) is 4.37. The molecule has 104 valence electrons. The van der Waals surface area contributed by atoms with E-state index in [0.717, 1.165) is 10.0 Å². The minimum absolute atomic E-state index is 0.202. The normalized spacial score (nSPS) is 21.3. The molecule has 1 fully saturated rings. The molecule has 0 aliphatic carbocycles. The van der Waals surface area contributed by atoms with E-state index < -0.39 is 15.1 Å². The van der Waals surface area contributed by atoms with Crippen molar-refractivity contribution in [1.29, 1.82) is 0 Å². The van der Waals surface area contributed by atoms with Crippen molar-refractivity contribution in [3.05, 3.63) is 33.8 Å². The maximum Gasteiger partial charge on any atom is 0.251 e. The number of sulfone groups is 1. The van der Waals surface area contributed by atoms with Gasteiger partial charge >= 0.3 is 0 Å². The van der Waals surface area contributed by atoms with Crippen LogP contribution in [0.3, 0.4) is 0 Å². The Morgan fingerprint density at radius 2 is 2.21 bits per heavy atom. The molecule has 1 N–H and O–H groups in total. The molecule has 0 saturated carbocycles. The number of nitrogens with one attached hydrogen (secondary N) is 1. The second kappa shape index (κ2) is 5.63. The smallest absolute Gasteiger partial charge is 0.251 e. The monoisotopic (exact) mass is 345 g/mol. The van der Waals surface area contributed by atoms with Gasteiger partial charge in [-0.2, -0.15) is 0 Å². The number of hydrogen-bond acceptors (Lipinski definition) is 3. The van der Waals surface area contributed by atoms with E-state index in [-0.39, 0.29) is 18.2 Å². The fourth-order valence-electron chi connectivity index (χ4n) is 2.24. The van der Waals surface area contributed by atoms with Gasteiger partial charge in [0, 0.05) is 16.6 Å². The van der Waals surface area contributed by atoms with Gasteiger partial charge in [-0.25, -0.2) is 8.42 Å². The summed E-state index contributed by atoms with van der Waals surface area (Å²) in [5.74, 6) is 0.0181. The average Bonchev–Trinajstić information content (AvgIpc) is 2.69. The standard InChI is InChI=1S/C13H16BrNO3S/c1-9-11(5-2-6-12(9)14)13(16)15-8-10-4-3-7-19(10,17)18/h2,5-6,10H,3-4,7-8H2,1H3,(H,15,16). The van der Waals surface area contributed by atoms with Crippen LogP contribution < -0.4 is 5.32 Å². The maximum atomic E-state index is 12.1. The van der Waals surface area contributed by atoms with Gasteiger partial charge in [0.05, 0.1) is 11.0 Å². The topological polar surface area (TPSA) is 63.2 Å². The predicted molar refractivity (Wildman–Crippen MR) is 78.0 cm³/mol. The van der Waals surface area contributed by atoms with Crippen molar-refractivity contribution in [2.24, 2.45) is 0 Å². The summed E-state index contributed by atoms with van der Waals surface area (Å²) >= 11 is 3.37. The van der Waals surface area contributed by atoms with Crippen LogP contribution in [0.15, 0.2) is 22.7 Å². The summed E-state index contributed by atoms with van der Waals surface area (Å²) in [5.41, 5.74) is 1.43. The molecule has 0 radical (unpaired) electrons. The first-order chi connectivity index (χ1) is 8.92. The largest absolute Gasteiger partial charge is 0.351 e. The second-order valence-electron chi connectivity index (χ2n) is 4.75. The highest BCUT2D eigenvalue weighted by Crippen LogP contribution is 2.21. The van der Waals surface area contributed by atoms with E-state index in [0.29, 0.717) is 18.4 Å². The first-order valence-electron chi connectivity index (χ1n) is 6.16. The van der Waals surface area contributed by atoms with Crippen LogP contribution in [0.4, 0.5) is 0 Å². The lowest BCUT2D eigenvalue weighted by Gasteiger charge is -2.12. The van der Waals surface area contributed by atoms with Gasteiger partial charge in [-0.3, -0.25) is 4.79 Å². The van der Waals surface area contributed by atoms with E-state index in [1.807, 2.05) is 13.0 Å². The lowest BCUT2D eigenvalue weighted by molar-refractivity contribution is 0.0953. The number of rotatable bonds is 3. The molecule has 1 unspecified atom stereocenters. The third-order valence-electron chi connectivity index (χ3n) is 3.47. The first kappa shape index (κ1) is 14.5. The van der Waals surface area contributed by atoms with Crippen molar-refractivity contribution in [2.45, 2.75) is 25.0 Å². The lowest BCUT2D eigenvalue weighted by Crippen LogP contribution is -2.34. The molecular formula is C13H16BrNO3S. The molecule has 1 aliphatic heterocycles. The minimum atomic E-state index is -3.01. The van der Waals surface area contributed by atoms with Gasteiger partial charge in [-0.05, 0) is 37.5 Å². The molecular weight excluding hydrogens is 330 g/mol. The van der Waals surface area contributed by atoms with E-state index in [9.17, 15) is 13.2 Å². The summed E-state index contributed by atoms with van der Waals surface area (Å²) in [5, 5.41) is 2.30. The zero-order valence-electron chi connectivity index (χ0n) is 10.6. The Balaban J connectivity index is 2.04. The van der Waals surface area contributed by atoms with Gasteiger partial charge in [-0.15, -0.1) is 0 Å². The van der Waals surface area contributed by atoms with Crippen molar-refractivity contribution in [1.82, 2.24) is 5.32 Å². The Morgan fingerprint density at radius 1 is 1.47 bits per heavy atom. The molecule has 19 heavy (non-hydrogen) atoms. The molecule has 1 aromatic carbocycles. The lowest BCUT2D eigenvalue weighted by atomic mass is 10.1. The molecule has 0 spiro atoms. The van der Waals surface area contributed by atoms with Gasteiger partial charge in [0.1, 0.15) is 0 Å². The van der Waals surface area contributed by atoms with Gasteiger partial charge in [0.2, 0.25) is 0 Å². The molecule has 2 rings (SSSR count). The Morgan fingerprint density at radius 3 is 2.84 bits per heavy atom. The summed E-state index contributed by atoms with van der Waals surface area (Å²) in [6, 6.07) is 5.39. The summed E-state index contributed by atoms with van der Waals surface area (Å²) in [4.78, 5) is 12.1. The zero-order valence-corrected chi connectivity index (χ0v) is 13.1. The van der Waals surface area contributed by atoms with E-state index in [1.54, 1.807) is 12.1 Å². The van der Waals surface area contributed by atoms with E-state index in [2.05, 4.69) is 21.2 Å². The number of benzene rings is 1. The van der Waals surface area contributed by atoms with Crippen molar-refractivity contribution in [2.75, 3.05) is 12.3 Å². The van der Waals surface area contributed by atoms with Crippen LogP contribution in [0.1, 0.15) is 28.8 Å². The van der Waals surface area contributed by atoms with Crippen LogP contribution in [-0.4, -0.2) is 31.9 Å². The number of hydrogen-bond donors (Lipinski definition) is 1. The van der Waals surface area contributed by atoms with Gasteiger partial charge < -0.3 is 5.32 Å².